The monoisotopic (exact) mass is 278 g/mol. The molecule has 0 unspecified atom stereocenters. The van der Waals surface area contributed by atoms with Gasteiger partial charge in [0.05, 0.1) is 0 Å². The van der Waals surface area contributed by atoms with E-state index in [-0.39, 0.29) is 0 Å². The third-order valence-corrected chi connectivity index (χ3v) is 2.78. The third-order valence-electron chi connectivity index (χ3n) is 2.78. The molecule has 106 valence electrons. The van der Waals surface area contributed by atoms with Crippen molar-refractivity contribution >= 4 is 5.84 Å². The first kappa shape index (κ1) is 14.5. The normalized spacial score (nSPS) is 11.0. The molecule has 0 atom stereocenters. The van der Waals surface area contributed by atoms with Gasteiger partial charge in [0.15, 0.2) is 0 Å². The van der Waals surface area contributed by atoms with E-state index in [2.05, 4.69) is 35.0 Å². The van der Waals surface area contributed by atoms with Gasteiger partial charge in [-0.1, -0.05) is 25.8 Å². The molecular weight excluding hydrogens is 260 g/mol. The fourth-order valence-corrected chi connectivity index (χ4v) is 1.87. The summed E-state index contributed by atoms with van der Waals surface area (Å²) >= 11 is 0. The molecule has 0 aliphatic heterocycles. The Hall–Kier alpha value is -2.88. The van der Waals surface area contributed by atoms with Crippen LogP contribution in [0.5, 0.6) is 0 Å². The van der Waals surface area contributed by atoms with E-state index in [1.165, 1.54) is 6.20 Å². The van der Waals surface area contributed by atoms with Gasteiger partial charge in [-0.05, 0) is 30.3 Å². The maximum absolute atomic E-state index is 4.61. The highest BCUT2D eigenvalue weighted by Crippen LogP contribution is 2.08. The maximum Gasteiger partial charge on any atom is 0.136 e. The number of aromatic nitrogens is 2. The maximum atomic E-state index is 4.61. The lowest BCUT2D eigenvalue weighted by Crippen LogP contribution is -2.21. The number of nitrogens with one attached hydrogen (secondary N) is 1. The molecule has 0 aliphatic rings. The molecule has 0 aliphatic carbocycles. The predicted molar refractivity (Wildman–Crippen MR) is 87.4 cm³/mol. The van der Waals surface area contributed by atoms with E-state index in [9.17, 15) is 0 Å². The highest BCUT2D eigenvalue weighted by Gasteiger charge is 2.03. The van der Waals surface area contributed by atoms with Crippen molar-refractivity contribution in [1.82, 2.24) is 14.9 Å². The topological polar surface area (TPSA) is 42.2 Å². The Morgan fingerprint density at radius 3 is 2.67 bits per heavy atom. The molecule has 0 saturated carbocycles. The van der Waals surface area contributed by atoms with E-state index < -0.39 is 0 Å². The lowest BCUT2D eigenvalue weighted by molar-refractivity contribution is 0.930. The summed E-state index contributed by atoms with van der Waals surface area (Å²) in [6.07, 6.45) is 7.62. The van der Waals surface area contributed by atoms with Crippen LogP contribution in [0.4, 0.5) is 0 Å². The summed E-state index contributed by atoms with van der Waals surface area (Å²) < 4.78 is 1.97. The first-order chi connectivity index (χ1) is 10.2. The SMILES string of the molecule is C=CN=C(C=C)NC(=C)Cc1cccc(-n2cccc2)n1. The number of nitrogens with zero attached hydrogens (tertiary/aromatic N) is 3. The number of pyridine rings is 1. The van der Waals surface area contributed by atoms with Crippen LogP contribution in [-0.4, -0.2) is 15.4 Å². The van der Waals surface area contributed by atoms with Crippen molar-refractivity contribution < 1.29 is 0 Å². The smallest absolute Gasteiger partial charge is 0.136 e. The molecule has 21 heavy (non-hydrogen) atoms. The van der Waals surface area contributed by atoms with Gasteiger partial charge in [0.25, 0.3) is 0 Å². The molecule has 0 aromatic carbocycles. The summed E-state index contributed by atoms with van der Waals surface area (Å²) in [6.45, 7) is 11.2. The molecule has 4 nitrogen and oxygen atoms in total. The fraction of sp³-hybridized carbons (Fsp3) is 0.0588. The molecule has 0 saturated heterocycles. The Bertz CT molecular complexity index is 666. The summed E-state index contributed by atoms with van der Waals surface area (Å²) in [7, 11) is 0. The van der Waals surface area contributed by atoms with E-state index in [0.717, 1.165) is 17.2 Å². The number of rotatable bonds is 6. The van der Waals surface area contributed by atoms with Gasteiger partial charge in [-0.3, -0.25) is 0 Å². The minimum atomic E-state index is 0.610. The van der Waals surface area contributed by atoms with Crippen LogP contribution in [0.3, 0.4) is 0 Å². The Balaban J connectivity index is 2.08. The van der Waals surface area contributed by atoms with E-state index in [1.807, 2.05) is 47.3 Å². The Labute approximate surface area is 124 Å². The number of amidine groups is 1. The second-order valence-electron chi connectivity index (χ2n) is 4.38. The van der Waals surface area contributed by atoms with Crippen molar-refractivity contribution in [1.29, 1.82) is 0 Å². The molecule has 0 amide bonds. The van der Waals surface area contributed by atoms with Crippen molar-refractivity contribution in [3.05, 3.63) is 86.1 Å². The average molecular weight is 278 g/mol. The highest BCUT2D eigenvalue weighted by molar-refractivity contribution is 5.93. The molecular formula is C17H18N4. The van der Waals surface area contributed by atoms with Crippen LogP contribution in [0.15, 0.2) is 85.4 Å². The Morgan fingerprint density at radius 2 is 2.00 bits per heavy atom. The van der Waals surface area contributed by atoms with Crippen LogP contribution in [0.25, 0.3) is 5.82 Å². The van der Waals surface area contributed by atoms with Crippen LogP contribution in [0.1, 0.15) is 5.69 Å². The second-order valence-corrected chi connectivity index (χ2v) is 4.38. The minimum absolute atomic E-state index is 0.610. The van der Waals surface area contributed by atoms with E-state index in [0.29, 0.717) is 12.3 Å². The van der Waals surface area contributed by atoms with Gasteiger partial charge in [-0.25, -0.2) is 9.98 Å². The minimum Gasteiger partial charge on any atom is -0.344 e. The molecule has 2 rings (SSSR count). The number of aliphatic imine (C=N–C) groups is 1. The largest absolute Gasteiger partial charge is 0.344 e. The molecule has 2 aromatic heterocycles. The molecule has 0 spiro atoms. The standard InChI is InChI=1S/C17H18N4/c1-4-16(18-5-2)19-14(3)13-15-9-8-10-17(20-15)21-11-6-7-12-21/h4-12H,1-3,13H2,(H,18,19). The number of hydrogen-bond donors (Lipinski definition) is 1. The molecule has 2 heterocycles. The zero-order valence-electron chi connectivity index (χ0n) is 11.9. The lowest BCUT2D eigenvalue weighted by atomic mass is 10.2. The second kappa shape index (κ2) is 7.05. The lowest BCUT2D eigenvalue weighted by Gasteiger charge is -2.10. The van der Waals surface area contributed by atoms with Gasteiger partial charge < -0.3 is 9.88 Å². The molecule has 2 aromatic rings. The summed E-state index contributed by atoms with van der Waals surface area (Å²) in [5.41, 5.74) is 1.73. The Kier molecular flexibility index (Phi) is 4.88. The molecule has 0 fully saturated rings. The van der Waals surface area contributed by atoms with E-state index in [1.54, 1.807) is 6.08 Å². The van der Waals surface area contributed by atoms with Gasteiger partial charge in [-0.2, -0.15) is 0 Å². The van der Waals surface area contributed by atoms with Crippen LogP contribution < -0.4 is 5.32 Å². The highest BCUT2D eigenvalue weighted by atomic mass is 15.0. The zero-order chi connectivity index (χ0) is 15.1. The van der Waals surface area contributed by atoms with Crippen molar-refractivity contribution in [3.8, 4) is 5.82 Å². The van der Waals surface area contributed by atoms with Crippen LogP contribution >= 0.6 is 0 Å². The van der Waals surface area contributed by atoms with Crippen molar-refractivity contribution in [2.24, 2.45) is 4.99 Å². The van der Waals surface area contributed by atoms with Gasteiger partial charge in [0, 0.05) is 36.4 Å². The summed E-state index contributed by atoms with van der Waals surface area (Å²) in [5.74, 6) is 1.51. The van der Waals surface area contributed by atoms with Crippen molar-refractivity contribution in [2.45, 2.75) is 6.42 Å². The first-order valence-corrected chi connectivity index (χ1v) is 6.58. The fourth-order valence-electron chi connectivity index (χ4n) is 1.87. The van der Waals surface area contributed by atoms with Crippen LogP contribution in [0, 0.1) is 0 Å². The van der Waals surface area contributed by atoms with E-state index in [4.69, 9.17) is 0 Å². The Morgan fingerprint density at radius 1 is 1.24 bits per heavy atom. The van der Waals surface area contributed by atoms with Crippen LogP contribution in [-0.2, 0) is 6.42 Å². The molecule has 0 bridgehead atoms. The number of hydrogen-bond acceptors (Lipinski definition) is 2. The summed E-state index contributed by atoms with van der Waals surface area (Å²) in [6, 6.07) is 9.86. The van der Waals surface area contributed by atoms with Gasteiger partial charge in [0.1, 0.15) is 11.7 Å². The molecule has 4 heteroatoms. The molecule has 0 radical (unpaired) electrons. The molecule has 1 N–H and O–H groups in total. The third kappa shape index (κ3) is 4.04. The van der Waals surface area contributed by atoms with Gasteiger partial charge >= 0.3 is 0 Å². The average Bonchev–Trinajstić information content (AvgIpc) is 3.01. The predicted octanol–water partition coefficient (Wildman–Crippen LogP) is 3.25. The van der Waals surface area contributed by atoms with Crippen molar-refractivity contribution in [3.63, 3.8) is 0 Å². The number of allylic oxidation sites excluding steroid dienone is 1. The summed E-state index contributed by atoms with van der Waals surface area (Å²) in [5, 5.41) is 3.09. The van der Waals surface area contributed by atoms with Gasteiger partial charge in [-0.15, -0.1) is 0 Å². The summed E-state index contributed by atoms with van der Waals surface area (Å²) in [4.78, 5) is 8.66. The van der Waals surface area contributed by atoms with Crippen molar-refractivity contribution in [2.75, 3.05) is 0 Å². The van der Waals surface area contributed by atoms with Gasteiger partial charge in [0.2, 0.25) is 0 Å². The van der Waals surface area contributed by atoms with E-state index >= 15 is 0 Å². The quantitative estimate of drug-likeness (QED) is 0.651. The first-order valence-electron chi connectivity index (χ1n) is 6.58. The zero-order valence-corrected chi connectivity index (χ0v) is 11.9. The van der Waals surface area contributed by atoms with Crippen LogP contribution in [0.2, 0.25) is 0 Å².